The van der Waals surface area contributed by atoms with Gasteiger partial charge in [0.2, 0.25) is 0 Å². The number of phosphoric ester groups is 1. The first-order chi connectivity index (χ1) is 39.6. The molecule has 1 aliphatic heterocycles. The number of esters is 2. The molecule has 82 heavy (non-hydrogen) atoms. The molecule has 16 nitrogen and oxygen atoms in total. The van der Waals surface area contributed by atoms with E-state index in [1.807, 2.05) is 0 Å². The number of unbranched alkanes of at least 4 members (excludes halogenated alkanes) is 24. The van der Waals surface area contributed by atoms with Crippen molar-refractivity contribution in [3.8, 4) is 28.2 Å². The highest BCUT2D eigenvalue weighted by Gasteiger charge is 2.24. The number of fused-ring (bicyclic) bond motifs is 2. The van der Waals surface area contributed by atoms with Gasteiger partial charge in [0.25, 0.3) is 7.82 Å². The predicted octanol–water partition coefficient (Wildman–Crippen LogP) is 14.1. The number of benzene rings is 3. The Kier molecular flexibility index (Phi) is 37.3. The Labute approximate surface area is 495 Å². The van der Waals surface area contributed by atoms with E-state index in [2.05, 4.69) is 45.3 Å². The fourth-order valence-corrected chi connectivity index (χ4v) is 10.8. The molecule has 0 saturated carbocycles. The molecule has 2 atom stereocenters. The molecule has 0 bridgehead atoms. The number of ether oxygens (including phenoxy) is 2. The van der Waals surface area contributed by atoms with Crippen molar-refractivity contribution in [1.82, 2.24) is 5.32 Å². The molecule has 1 unspecified atom stereocenters. The van der Waals surface area contributed by atoms with Gasteiger partial charge in [-0.1, -0.05) is 174 Å². The number of phenolic OH excluding ortho intramolecular Hbond substituents is 1. The van der Waals surface area contributed by atoms with Crippen LogP contribution in [0.4, 0.5) is 5.69 Å². The maximum absolute atomic E-state index is 12.9. The number of rotatable bonds is 44. The van der Waals surface area contributed by atoms with Crippen molar-refractivity contribution in [2.24, 2.45) is 0 Å². The Morgan fingerprint density at radius 2 is 1.16 bits per heavy atom. The van der Waals surface area contributed by atoms with Crippen LogP contribution < -0.4 is 25.9 Å². The average Bonchev–Trinajstić information content (AvgIpc) is 2.73. The van der Waals surface area contributed by atoms with E-state index in [1.165, 1.54) is 166 Å². The first-order valence-corrected chi connectivity index (χ1v) is 32.9. The standard InChI is InChI=1S/C58H85N2O13PS.C6H15N/c1-3-5-7-9-11-13-15-17-19-21-23-25-27-29-54(63)69-42-47(72-55(64)30-28-26-24-22-20-18-16-14-12-10-8-6-4-2)43-71-74(67,68)70-38-37-59-58(75)60-44-31-34-48(51(39-44)57(65)66)56-49-35-32-45(61)40-52(49)73-53-41-46(62)33-36-50(53)56;1-4-7(5-2)6-3/h31-36,39-41,47,61H,3-30,37-38,42-43H2,1-2H3,(H,65,66)(H,67,68)(H2,59,60,75);4-6H2,1-3H3/t47-;/m1./s1. The first-order valence-electron chi connectivity index (χ1n) is 31.1. The fraction of sp³-hybridized carbons (Fsp3) is 0.641. The Morgan fingerprint density at radius 3 is 1.67 bits per heavy atom. The van der Waals surface area contributed by atoms with Gasteiger partial charge in [-0.3, -0.25) is 18.9 Å². The second-order valence-electron chi connectivity index (χ2n) is 21.4. The normalized spacial score (nSPS) is 12.4. The number of hydrogen-bond acceptors (Lipinski definition) is 13. The smallest absolute Gasteiger partial charge is 0.336 e. The summed E-state index contributed by atoms with van der Waals surface area (Å²) in [6.45, 7) is 13.5. The van der Waals surface area contributed by atoms with Crippen LogP contribution in [0.1, 0.15) is 225 Å². The molecule has 460 valence electrons. The van der Waals surface area contributed by atoms with Crippen molar-refractivity contribution in [3.63, 3.8) is 0 Å². The monoisotopic (exact) mass is 1180 g/mol. The Morgan fingerprint density at radius 1 is 0.646 bits per heavy atom. The van der Waals surface area contributed by atoms with Gasteiger partial charge in [0.15, 0.2) is 16.6 Å². The van der Waals surface area contributed by atoms with E-state index in [4.69, 9.17) is 35.2 Å². The van der Waals surface area contributed by atoms with E-state index in [-0.39, 0.29) is 59.2 Å². The molecular weight excluding hydrogens is 1080 g/mol. The average molecular weight is 1180 g/mol. The van der Waals surface area contributed by atoms with Crippen LogP contribution in [0.3, 0.4) is 0 Å². The van der Waals surface area contributed by atoms with Crippen LogP contribution in [0.2, 0.25) is 0 Å². The lowest BCUT2D eigenvalue weighted by Crippen LogP contribution is -3.11. The summed E-state index contributed by atoms with van der Waals surface area (Å²) in [5.74, 6) is -2.10. The summed E-state index contributed by atoms with van der Waals surface area (Å²) in [6.07, 6.45) is 29.6. The number of carboxylic acid groups (broad SMARTS) is 1. The van der Waals surface area contributed by atoms with Crippen LogP contribution in [-0.4, -0.2) is 85.3 Å². The summed E-state index contributed by atoms with van der Waals surface area (Å²) < 4.78 is 40.0. The summed E-state index contributed by atoms with van der Waals surface area (Å²) in [5, 5.41) is 26.7. The van der Waals surface area contributed by atoms with Gasteiger partial charge in [-0.05, 0) is 87.8 Å². The number of phenols is 1. The minimum Gasteiger partial charge on any atom is -0.756 e. The third-order valence-corrected chi connectivity index (χ3v) is 15.9. The molecular formula is C64H100N3O13PS. The molecule has 0 fully saturated rings. The van der Waals surface area contributed by atoms with Gasteiger partial charge >= 0.3 is 17.9 Å². The number of aromatic hydroxyl groups is 1. The van der Waals surface area contributed by atoms with E-state index in [0.717, 1.165) is 38.5 Å². The first kappa shape index (κ1) is 71.4. The molecule has 4 rings (SSSR count). The van der Waals surface area contributed by atoms with Gasteiger partial charge < -0.3 is 53.6 Å². The number of nitrogens with one attached hydrogen (secondary N) is 3. The fourth-order valence-electron chi connectivity index (χ4n) is 9.82. The maximum atomic E-state index is 12.9. The van der Waals surface area contributed by atoms with Crippen LogP contribution >= 0.6 is 20.0 Å². The molecule has 0 spiro atoms. The van der Waals surface area contributed by atoms with E-state index < -0.39 is 45.0 Å². The van der Waals surface area contributed by atoms with Gasteiger partial charge in [-0.15, -0.1) is 0 Å². The number of quaternary nitrogens is 1. The minimum atomic E-state index is -4.94. The number of thiocarbonyl (C=S) groups is 1. The molecule has 0 aromatic heterocycles. The Balaban J connectivity index is 0.00000236. The number of carbonyl (C=O) groups excluding carboxylic acids is 2. The third-order valence-electron chi connectivity index (χ3n) is 14.7. The molecule has 18 heteroatoms. The summed E-state index contributed by atoms with van der Waals surface area (Å²) in [6, 6.07) is 13.2. The van der Waals surface area contributed by atoms with Crippen LogP contribution in [-0.2, 0) is 32.7 Å². The molecule has 2 aromatic carbocycles. The van der Waals surface area contributed by atoms with E-state index in [9.17, 15) is 38.8 Å². The molecule has 5 N–H and O–H groups in total. The number of anilines is 1. The third kappa shape index (κ3) is 30.1. The predicted molar refractivity (Wildman–Crippen MR) is 331 cm³/mol. The zero-order valence-electron chi connectivity index (χ0n) is 50.3. The lowest BCUT2D eigenvalue weighted by molar-refractivity contribution is -0.894. The van der Waals surface area contributed by atoms with Crippen LogP contribution in [0.15, 0.2) is 63.8 Å². The minimum absolute atomic E-state index is 0.0355. The SMILES string of the molecule is CCCCCCCCCCCCCCCC(=O)OC[C@H](COP(=O)([O-])OCCNC(=S)Nc1ccc(-c2c3ccc(=O)cc-3oc3cc(O)ccc23)c(C(=O)O)c1)OC(=O)CCCCCCCCCCCCCCC.CC[NH+](CC)CC. The Bertz CT molecular complexity index is 2510. The molecule has 2 aromatic rings. The summed E-state index contributed by atoms with van der Waals surface area (Å²) in [5.41, 5.74) is 1.43. The number of hydrogen-bond donors (Lipinski definition) is 5. The highest BCUT2D eigenvalue weighted by atomic mass is 32.1. The van der Waals surface area contributed by atoms with E-state index in [1.54, 1.807) is 29.2 Å². The van der Waals surface area contributed by atoms with Gasteiger partial charge in [0.1, 0.15) is 23.7 Å². The molecule has 0 radical (unpaired) electrons. The quantitative estimate of drug-likeness (QED) is 0.00912. The molecule has 0 saturated heterocycles. The highest BCUT2D eigenvalue weighted by Crippen LogP contribution is 2.43. The Hall–Kier alpha value is -4.90. The zero-order valence-corrected chi connectivity index (χ0v) is 52.0. The van der Waals surface area contributed by atoms with Gasteiger partial charge in [0.05, 0.1) is 38.4 Å². The van der Waals surface area contributed by atoms with Crippen molar-refractivity contribution < 1.29 is 61.9 Å². The number of aromatic carboxylic acids is 1. The number of phosphoric acid groups is 1. The molecule has 2 aliphatic rings. The maximum Gasteiger partial charge on any atom is 0.336 e. The van der Waals surface area contributed by atoms with Crippen molar-refractivity contribution in [3.05, 3.63) is 70.4 Å². The summed E-state index contributed by atoms with van der Waals surface area (Å²) >= 11 is 5.40. The van der Waals surface area contributed by atoms with Crippen molar-refractivity contribution >= 4 is 59.7 Å². The van der Waals surface area contributed by atoms with E-state index in [0.29, 0.717) is 40.6 Å². The topological polar surface area (TPSA) is 227 Å². The number of carbonyl (C=O) groups is 3. The lowest BCUT2D eigenvalue weighted by Gasteiger charge is -2.25. The largest absolute Gasteiger partial charge is 0.756 e. The van der Waals surface area contributed by atoms with Crippen molar-refractivity contribution in [2.75, 3.05) is 51.3 Å². The van der Waals surface area contributed by atoms with Gasteiger partial charge in [-0.25, -0.2) is 4.79 Å². The lowest BCUT2D eigenvalue weighted by atomic mass is 9.90. The zero-order chi connectivity index (χ0) is 59.8. The van der Waals surface area contributed by atoms with Crippen LogP contribution in [0.25, 0.3) is 33.4 Å². The number of carboxylic acids is 1. The van der Waals surface area contributed by atoms with Gasteiger partial charge in [0, 0.05) is 53.7 Å². The van der Waals surface area contributed by atoms with Gasteiger partial charge in [-0.2, -0.15) is 0 Å². The van der Waals surface area contributed by atoms with Crippen molar-refractivity contribution in [1.29, 1.82) is 0 Å². The summed E-state index contributed by atoms with van der Waals surface area (Å²) in [4.78, 5) is 65.0. The molecule has 0 amide bonds. The second kappa shape index (κ2) is 42.8. The molecule has 1 heterocycles. The second-order valence-corrected chi connectivity index (χ2v) is 23.2. The van der Waals surface area contributed by atoms with Crippen LogP contribution in [0, 0.1) is 0 Å². The van der Waals surface area contributed by atoms with Crippen molar-refractivity contribution in [2.45, 2.75) is 221 Å². The highest BCUT2D eigenvalue weighted by molar-refractivity contribution is 7.80. The van der Waals surface area contributed by atoms with Crippen LogP contribution in [0.5, 0.6) is 5.75 Å². The summed E-state index contributed by atoms with van der Waals surface area (Å²) in [7, 11) is -4.94. The van der Waals surface area contributed by atoms with E-state index >= 15 is 0 Å². The molecule has 1 aliphatic carbocycles.